The van der Waals surface area contributed by atoms with E-state index in [4.69, 9.17) is 14.4 Å². The van der Waals surface area contributed by atoms with Crippen molar-refractivity contribution >= 4 is 38.9 Å². The summed E-state index contributed by atoms with van der Waals surface area (Å²) in [6.07, 6.45) is 8.30. The molecule has 0 spiro atoms. The second-order valence-corrected chi connectivity index (χ2v) is 13.9. The molecule has 4 nitrogen and oxygen atoms in total. The molecule has 0 N–H and O–H groups in total. The van der Waals surface area contributed by atoms with E-state index in [9.17, 15) is 0 Å². The van der Waals surface area contributed by atoms with Gasteiger partial charge in [-0.3, -0.25) is 4.57 Å². The van der Waals surface area contributed by atoms with Crippen LogP contribution in [0.15, 0.2) is 150 Å². The molecule has 3 heterocycles. The lowest BCUT2D eigenvalue weighted by atomic mass is 9.87. The second kappa shape index (κ2) is 11.5. The first-order valence-electron chi connectivity index (χ1n) is 18.2. The van der Waals surface area contributed by atoms with Gasteiger partial charge in [-0.25, -0.2) is 9.97 Å². The molecule has 6 aromatic carbocycles. The average Bonchev–Trinajstić information content (AvgIpc) is 3.77. The van der Waals surface area contributed by atoms with Crippen molar-refractivity contribution in [2.75, 3.05) is 0 Å². The number of fused-ring (bicyclic) bond motifs is 9. The zero-order valence-corrected chi connectivity index (χ0v) is 28.5. The summed E-state index contributed by atoms with van der Waals surface area (Å²) >= 11 is 0. The van der Waals surface area contributed by atoms with Crippen molar-refractivity contribution in [3.05, 3.63) is 168 Å². The summed E-state index contributed by atoms with van der Waals surface area (Å²) in [5.74, 6) is 1.78. The zero-order valence-electron chi connectivity index (χ0n) is 28.5. The molecule has 246 valence electrons. The molecule has 0 unspecified atom stereocenters. The van der Waals surface area contributed by atoms with Crippen molar-refractivity contribution in [1.82, 2.24) is 14.5 Å². The van der Waals surface area contributed by atoms with E-state index < -0.39 is 0 Å². The van der Waals surface area contributed by atoms with Gasteiger partial charge in [0.2, 0.25) is 5.95 Å². The maximum atomic E-state index is 6.59. The van der Waals surface area contributed by atoms with E-state index in [1.54, 1.807) is 0 Å². The quantitative estimate of drug-likeness (QED) is 0.188. The molecule has 52 heavy (non-hydrogen) atoms. The van der Waals surface area contributed by atoms with Crippen molar-refractivity contribution in [2.24, 2.45) is 0 Å². The Balaban J connectivity index is 1.16. The van der Waals surface area contributed by atoms with Crippen LogP contribution >= 0.6 is 0 Å². The fourth-order valence-corrected chi connectivity index (χ4v) is 8.57. The highest BCUT2D eigenvalue weighted by atomic mass is 16.3. The van der Waals surface area contributed by atoms with Gasteiger partial charge >= 0.3 is 0 Å². The number of benzene rings is 6. The number of rotatable bonds is 4. The van der Waals surface area contributed by atoms with Crippen LogP contribution in [0.3, 0.4) is 0 Å². The minimum Gasteiger partial charge on any atom is -0.460 e. The molecule has 0 amide bonds. The summed E-state index contributed by atoms with van der Waals surface area (Å²) in [6.45, 7) is 0. The molecular formula is C48H33N3O. The minimum atomic E-state index is 0.699. The van der Waals surface area contributed by atoms with E-state index >= 15 is 0 Å². The lowest BCUT2D eigenvalue weighted by Crippen LogP contribution is -2.11. The van der Waals surface area contributed by atoms with Gasteiger partial charge < -0.3 is 4.42 Å². The first kappa shape index (κ1) is 29.2. The molecule has 0 saturated carbocycles. The summed E-state index contributed by atoms with van der Waals surface area (Å²) in [4.78, 5) is 10.7. The number of hydrogen-bond acceptors (Lipinski definition) is 3. The number of furan rings is 1. The topological polar surface area (TPSA) is 43.9 Å². The SMILES string of the molecule is C1=Cc2c(oc3c(-c4ccc5c(c4)c4c(n5-c5nc(-c6cccc(-c7ccccc7)c6)c6ccccc6n5)CCc5ccccc5-4)cccc23)CC1. The van der Waals surface area contributed by atoms with Gasteiger partial charge in [0.05, 0.1) is 16.7 Å². The molecule has 4 heteroatoms. The molecule has 9 aromatic rings. The lowest BCUT2D eigenvalue weighted by molar-refractivity contribution is 0.547. The number of hydrogen-bond donors (Lipinski definition) is 0. The first-order chi connectivity index (χ1) is 25.8. The van der Waals surface area contributed by atoms with Crippen LogP contribution in [0, 0.1) is 0 Å². The number of nitrogens with zero attached hydrogens (tertiary/aromatic N) is 3. The Kier molecular flexibility index (Phi) is 6.47. The van der Waals surface area contributed by atoms with E-state index in [1.165, 1.54) is 49.8 Å². The third kappa shape index (κ3) is 4.47. The predicted octanol–water partition coefficient (Wildman–Crippen LogP) is 12.0. The van der Waals surface area contributed by atoms with Crippen LogP contribution in [0.1, 0.15) is 29.0 Å². The summed E-state index contributed by atoms with van der Waals surface area (Å²) in [7, 11) is 0. The highest BCUT2D eigenvalue weighted by molar-refractivity contribution is 6.05. The maximum absolute atomic E-state index is 6.59. The van der Waals surface area contributed by atoms with Gasteiger partial charge in [0.1, 0.15) is 11.3 Å². The van der Waals surface area contributed by atoms with Gasteiger partial charge in [0.15, 0.2) is 0 Å². The molecule has 0 fully saturated rings. The number of allylic oxidation sites excluding steroid dienone is 1. The van der Waals surface area contributed by atoms with Crippen LogP contribution in [0.4, 0.5) is 0 Å². The monoisotopic (exact) mass is 667 g/mol. The molecule has 2 aliphatic carbocycles. The van der Waals surface area contributed by atoms with E-state index in [-0.39, 0.29) is 0 Å². The van der Waals surface area contributed by atoms with E-state index in [1.807, 2.05) is 0 Å². The molecule has 0 radical (unpaired) electrons. The van der Waals surface area contributed by atoms with Crippen molar-refractivity contribution in [3.63, 3.8) is 0 Å². The minimum absolute atomic E-state index is 0.699. The smallest absolute Gasteiger partial charge is 0.235 e. The summed E-state index contributed by atoms with van der Waals surface area (Å²) in [5, 5.41) is 3.43. The predicted molar refractivity (Wildman–Crippen MR) is 213 cm³/mol. The third-order valence-electron chi connectivity index (χ3n) is 11.0. The first-order valence-corrected chi connectivity index (χ1v) is 18.2. The molecular weight excluding hydrogens is 635 g/mol. The lowest BCUT2D eigenvalue weighted by Gasteiger charge is -2.19. The maximum Gasteiger partial charge on any atom is 0.235 e. The number of aryl methyl sites for hydroxylation is 2. The van der Waals surface area contributed by atoms with Crippen LogP contribution in [0.25, 0.3) is 89.4 Å². The summed E-state index contributed by atoms with van der Waals surface area (Å²) in [6, 6.07) is 49.9. The van der Waals surface area contributed by atoms with Crippen molar-refractivity contribution < 1.29 is 4.42 Å². The normalized spacial score (nSPS) is 13.4. The van der Waals surface area contributed by atoms with Crippen molar-refractivity contribution in [1.29, 1.82) is 0 Å². The molecule has 0 aliphatic heterocycles. The molecule has 0 atom stereocenters. The van der Waals surface area contributed by atoms with Crippen molar-refractivity contribution in [3.8, 4) is 50.6 Å². The van der Waals surface area contributed by atoms with Crippen LogP contribution < -0.4 is 0 Å². The van der Waals surface area contributed by atoms with Gasteiger partial charge in [0.25, 0.3) is 0 Å². The number of para-hydroxylation sites is 2. The highest BCUT2D eigenvalue weighted by Crippen LogP contribution is 2.45. The summed E-state index contributed by atoms with van der Waals surface area (Å²) in [5.41, 5.74) is 16.0. The fourth-order valence-electron chi connectivity index (χ4n) is 8.57. The Hall–Kier alpha value is -6.52. The zero-order chi connectivity index (χ0) is 34.2. The standard InChI is InChI=1S/C48H33N3O/c1-2-12-30(13-3-1)32-15-10-16-34(28-32)46-39-19-6-8-22-41(39)49-48(50-46)51-42-26-25-33(29-40(42)45-35-17-5-4-14-31(35)24-27-43(45)51)36-20-11-21-38-37-18-7-9-23-44(37)52-47(36)38/h1-8,10-22,25-26,28-29H,9,23-24,27H2. The van der Waals surface area contributed by atoms with Crippen LogP contribution in [0.5, 0.6) is 0 Å². The molecule has 0 bridgehead atoms. The van der Waals surface area contributed by atoms with Crippen molar-refractivity contribution in [2.45, 2.75) is 25.7 Å². The van der Waals surface area contributed by atoms with Crippen LogP contribution in [-0.2, 0) is 19.3 Å². The average molecular weight is 668 g/mol. The van der Waals surface area contributed by atoms with Gasteiger partial charge in [-0.2, -0.15) is 0 Å². The second-order valence-electron chi connectivity index (χ2n) is 13.9. The Bertz CT molecular complexity index is 2910. The molecule has 3 aromatic heterocycles. The summed E-state index contributed by atoms with van der Waals surface area (Å²) < 4.78 is 8.92. The van der Waals surface area contributed by atoms with E-state index in [0.717, 1.165) is 75.8 Å². The van der Waals surface area contributed by atoms with Gasteiger partial charge in [-0.1, -0.05) is 127 Å². The van der Waals surface area contributed by atoms with Gasteiger partial charge in [-0.15, -0.1) is 0 Å². The van der Waals surface area contributed by atoms with Gasteiger partial charge in [-0.05, 0) is 71.3 Å². The Labute approximate surface area is 301 Å². The Morgan fingerprint density at radius 3 is 2.31 bits per heavy atom. The Morgan fingerprint density at radius 1 is 0.558 bits per heavy atom. The molecule has 2 aliphatic rings. The van der Waals surface area contributed by atoms with Crippen LogP contribution in [0.2, 0.25) is 0 Å². The largest absolute Gasteiger partial charge is 0.460 e. The molecule has 0 saturated heterocycles. The third-order valence-corrected chi connectivity index (χ3v) is 11.0. The fraction of sp³-hybridized carbons (Fsp3) is 0.0833. The molecule has 11 rings (SSSR count). The highest BCUT2D eigenvalue weighted by Gasteiger charge is 2.27. The van der Waals surface area contributed by atoms with Crippen LogP contribution in [-0.4, -0.2) is 14.5 Å². The van der Waals surface area contributed by atoms with E-state index in [0.29, 0.717) is 5.95 Å². The van der Waals surface area contributed by atoms with E-state index in [2.05, 4.69) is 156 Å². The van der Waals surface area contributed by atoms with Gasteiger partial charge in [0, 0.05) is 50.5 Å². The Morgan fingerprint density at radius 2 is 1.35 bits per heavy atom. The number of aromatic nitrogens is 3.